The first kappa shape index (κ1) is 15.3. The average molecular weight is 329 g/mol. The monoisotopic (exact) mass is 329 g/mol. The zero-order valence-electron chi connectivity index (χ0n) is 12.6. The van der Waals surface area contributed by atoms with E-state index in [0.29, 0.717) is 0 Å². The second kappa shape index (κ2) is 7.61. The molecule has 3 rings (SSSR count). The van der Waals surface area contributed by atoms with Crippen LogP contribution in [-0.2, 0) is 6.54 Å². The van der Waals surface area contributed by atoms with Gasteiger partial charge in [-0.15, -0.1) is 21.5 Å². The highest BCUT2D eigenvalue weighted by Gasteiger charge is 2.15. The molecule has 0 unspecified atom stereocenters. The molecule has 3 aromatic rings. The summed E-state index contributed by atoms with van der Waals surface area (Å²) < 4.78 is 2.24. The number of thiophene rings is 1. The summed E-state index contributed by atoms with van der Waals surface area (Å²) in [6.07, 6.45) is 2.41. The number of unbranched alkanes of at least 4 members (excludes halogenated alkanes) is 1. The lowest BCUT2D eigenvalue weighted by Crippen LogP contribution is -2.03. The van der Waals surface area contributed by atoms with Gasteiger partial charge >= 0.3 is 0 Å². The van der Waals surface area contributed by atoms with Gasteiger partial charge in [0.25, 0.3) is 0 Å². The Labute approximate surface area is 139 Å². The first-order valence-electron chi connectivity index (χ1n) is 7.52. The van der Waals surface area contributed by atoms with E-state index in [1.54, 1.807) is 23.1 Å². The zero-order chi connectivity index (χ0) is 15.2. The van der Waals surface area contributed by atoms with Crippen molar-refractivity contribution in [2.45, 2.75) is 31.5 Å². The molecule has 0 fully saturated rings. The standard InChI is InChI=1S/C17H19N3S2/c1-2-3-11-22-17-19-18-16(15-10-7-12-21-15)20(17)13-14-8-5-4-6-9-14/h4-10,12H,2-3,11,13H2,1H3. The molecule has 0 bridgehead atoms. The Kier molecular flexibility index (Phi) is 5.29. The fourth-order valence-electron chi connectivity index (χ4n) is 2.20. The van der Waals surface area contributed by atoms with E-state index in [0.717, 1.165) is 23.3 Å². The van der Waals surface area contributed by atoms with Crippen molar-refractivity contribution in [3.05, 3.63) is 53.4 Å². The number of thioether (sulfide) groups is 1. The summed E-state index contributed by atoms with van der Waals surface area (Å²) in [5, 5.41) is 12.0. The van der Waals surface area contributed by atoms with Crippen LogP contribution in [0.25, 0.3) is 10.7 Å². The van der Waals surface area contributed by atoms with Crippen molar-refractivity contribution in [2.24, 2.45) is 0 Å². The molecule has 0 radical (unpaired) electrons. The highest BCUT2D eigenvalue weighted by atomic mass is 32.2. The van der Waals surface area contributed by atoms with Crippen LogP contribution in [0.2, 0.25) is 0 Å². The van der Waals surface area contributed by atoms with Gasteiger partial charge in [0.15, 0.2) is 11.0 Å². The SMILES string of the molecule is CCCCSc1nnc(-c2cccs2)n1Cc1ccccc1. The number of hydrogen-bond donors (Lipinski definition) is 0. The third-order valence-electron chi connectivity index (χ3n) is 3.37. The fraction of sp³-hybridized carbons (Fsp3) is 0.294. The lowest BCUT2D eigenvalue weighted by molar-refractivity contribution is 0.714. The Morgan fingerprint density at radius 1 is 1.09 bits per heavy atom. The van der Waals surface area contributed by atoms with Gasteiger partial charge in [0.2, 0.25) is 0 Å². The third kappa shape index (κ3) is 3.59. The minimum atomic E-state index is 0.815. The maximum absolute atomic E-state index is 4.44. The molecule has 2 aromatic heterocycles. The summed E-state index contributed by atoms with van der Waals surface area (Å²) in [6.45, 7) is 3.03. The summed E-state index contributed by atoms with van der Waals surface area (Å²) in [7, 11) is 0. The second-order valence-corrected chi connectivity index (χ2v) is 7.07. The molecule has 2 heterocycles. The molecule has 0 aliphatic rings. The van der Waals surface area contributed by atoms with E-state index in [4.69, 9.17) is 0 Å². The third-order valence-corrected chi connectivity index (χ3v) is 5.29. The van der Waals surface area contributed by atoms with Crippen molar-refractivity contribution in [1.29, 1.82) is 0 Å². The van der Waals surface area contributed by atoms with Crippen LogP contribution in [0.4, 0.5) is 0 Å². The van der Waals surface area contributed by atoms with Crippen molar-refractivity contribution >= 4 is 23.1 Å². The van der Waals surface area contributed by atoms with E-state index in [-0.39, 0.29) is 0 Å². The number of benzene rings is 1. The van der Waals surface area contributed by atoms with Crippen LogP contribution in [0.3, 0.4) is 0 Å². The summed E-state index contributed by atoms with van der Waals surface area (Å²) in [5.74, 6) is 2.06. The van der Waals surface area contributed by atoms with Crippen LogP contribution in [0.15, 0.2) is 53.0 Å². The molecule has 3 nitrogen and oxygen atoms in total. The Balaban J connectivity index is 1.90. The van der Waals surface area contributed by atoms with Crippen LogP contribution in [0.1, 0.15) is 25.3 Å². The van der Waals surface area contributed by atoms with E-state index in [1.807, 2.05) is 6.07 Å². The molecular weight excluding hydrogens is 310 g/mol. The van der Waals surface area contributed by atoms with Crippen LogP contribution in [-0.4, -0.2) is 20.5 Å². The Bertz CT molecular complexity index is 690. The predicted molar refractivity (Wildman–Crippen MR) is 94.5 cm³/mol. The van der Waals surface area contributed by atoms with Gasteiger partial charge in [0.05, 0.1) is 11.4 Å². The number of hydrogen-bond acceptors (Lipinski definition) is 4. The Morgan fingerprint density at radius 3 is 2.68 bits per heavy atom. The van der Waals surface area contributed by atoms with Crippen molar-refractivity contribution in [2.75, 3.05) is 5.75 Å². The molecule has 0 spiro atoms. The molecule has 0 saturated carbocycles. The molecule has 0 saturated heterocycles. The minimum Gasteiger partial charge on any atom is -0.297 e. The molecule has 1 aromatic carbocycles. The fourth-order valence-corrected chi connectivity index (χ4v) is 3.94. The van der Waals surface area contributed by atoms with Gasteiger partial charge in [0, 0.05) is 5.75 Å². The largest absolute Gasteiger partial charge is 0.297 e. The molecule has 0 aliphatic carbocycles. The average Bonchev–Trinajstić information content (AvgIpc) is 3.19. The summed E-state index contributed by atoms with van der Waals surface area (Å²) >= 11 is 3.51. The lowest BCUT2D eigenvalue weighted by Gasteiger charge is -2.09. The Hall–Kier alpha value is -1.59. The molecule has 22 heavy (non-hydrogen) atoms. The zero-order valence-corrected chi connectivity index (χ0v) is 14.2. The van der Waals surface area contributed by atoms with Crippen molar-refractivity contribution < 1.29 is 0 Å². The van der Waals surface area contributed by atoms with Crippen LogP contribution < -0.4 is 0 Å². The molecule has 0 atom stereocenters. The van der Waals surface area contributed by atoms with Gasteiger partial charge < -0.3 is 0 Å². The van der Waals surface area contributed by atoms with E-state index in [1.165, 1.54) is 23.3 Å². The van der Waals surface area contributed by atoms with Gasteiger partial charge in [-0.05, 0) is 23.4 Å². The molecule has 0 N–H and O–H groups in total. The van der Waals surface area contributed by atoms with E-state index < -0.39 is 0 Å². The van der Waals surface area contributed by atoms with Crippen molar-refractivity contribution in [3.8, 4) is 10.7 Å². The smallest absolute Gasteiger partial charge is 0.191 e. The number of aromatic nitrogens is 3. The van der Waals surface area contributed by atoms with E-state index >= 15 is 0 Å². The summed E-state index contributed by atoms with van der Waals surface area (Å²) in [4.78, 5) is 1.17. The molecular formula is C17H19N3S2. The number of nitrogens with zero attached hydrogens (tertiary/aromatic N) is 3. The minimum absolute atomic E-state index is 0.815. The van der Waals surface area contributed by atoms with Gasteiger partial charge in [0.1, 0.15) is 0 Å². The molecule has 0 aliphatic heterocycles. The van der Waals surface area contributed by atoms with Gasteiger partial charge in [-0.25, -0.2) is 0 Å². The summed E-state index contributed by atoms with van der Waals surface area (Å²) in [6, 6.07) is 14.7. The molecule has 5 heteroatoms. The van der Waals surface area contributed by atoms with Crippen LogP contribution in [0.5, 0.6) is 0 Å². The Morgan fingerprint density at radius 2 is 1.95 bits per heavy atom. The maximum atomic E-state index is 4.44. The van der Waals surface area contributed by atoms with Gasteiger partial charge in [-0.3, -0.25) is 4.57 Å². The second-order valence-electron chi connectivity index (χ2n) is 5.06. The molecule has 114 valence electrons. The topological polar surface area (TPSA) is 30.7 Å². The first-order chi connectivity index (χ1) is 10.9. The number of rotatable bonds is 7. The first-order valence-corrected chi connectivity index (χ1v) is 9.39. The van der Waals surface area contributed by atoms with Gasteiger partial charge in [-0.1, -0.05) is 61.5 Å². The maximum Gasteiger partial charge on any atom is 0.191 e. The summed E-state index contributed by atoms with van der Waals surface area (Å²) in [5.41, 5.74) is 1.28. The molecule has 0 amide bonds. The van der Waals surface area contributed by atoms with Crippen LogP contribution >= 0.6 is 23.1 Å². The lowest BCUT2D eigenvalue weighted by atomic mass is 10.2. The van der Waals surface area contributed by atoms with E-state index in [2.05, 4.69) is 63.5 Å². The predicted octanol–water partition coefficient (Wildman–Crippen LogP) is 4.95. The highest BCUT2D eigenvalue weighted by molar-refractivity contribution is 7.99. The van der Waals surface area contributed by atoms with Gasteiger partial charge in [-0.2, -0.15) is 0 Å². The normalized spacial score (nSPS) is 11.0. The van der Waals surface area contributed by atoms with Crippen molar-refractivity contribution in [1.82, 2.24) is 14.8 Å². The van der Waals surface area contributed by atoms with Crippen LogP contribution in [0, 0.1) is 0 Å². The quantitative estimate of drug-likeness (QED) is 0.454. The van der Waals surface area contributed by atoms with E-state index in [9.17, 15) is 0 Å². The highest BCUT2D eigenvalue weighted by Crippen LogP contribution is 2.28. The van der Waals surface area contributed by atoms with Crippen molar-refractivity contribution in [3.63, 3.8) is 0 Å².